The van der Waals surface area contributed by atoms with Gasteiger partial charge in [-0.05, 0) is 39.0 Å². The maximum Gasteiger partial charge on any atom is 0.339 e. The molecule has 5 nitrogen and oxygen atoms in total. The maximum atomic E-state index is 13.5. The van der Waals surface area contributed by atoms with E-state index in [-0.39, 0.29) is 17.4 Å². The van der Waals surface area contributed by atoms with Crippen LogP contribution in [0.3, 0.4) is 0 Å². The van der Waals surface area contributed by atoms with Crippen molar-refractivity contribution < 1.29 is 23.5 Å². The Morgan fingerprint density at radius 3 is 2.40 bits per heavy atom. The highest BCUT2D eigenvalue weighted by atomic mass is 19.1. The number of hydrogen-bond donors (Lipinski definition) is 1. The fraction of sp³-hybridized carbons (Fsp3) is 0.429. The van der Waals surface area contributed by atoms with Gasteiger partial charge < -0.3 is 14.8 Å². The van der Waals surface area contributed by atoms with Gasteiger partial charge in [0.05, 0.1) is 12.7 Å². The summed E-state index contributed by atoms with van der Waals surface area (Å²) in [5.41, 5.74) is 0.0208. The lowest BCUT2D eigenvalue weighted by molar-refractivity contribution is -0.129. The number of benzene rings is 1. The molecule has 0 heterocycles. The molecule has 0 aliphatic carbocycles. The molecule has 1 atom stereocenters. The van der Waals surface area contributed by atoms with Gasteiger partial charge in [0.25, 0.3) is 5.91 Å². The second-order valence-electron chi connectivity index (χ2n) is 4.56. The Hall–Kier alpha value is -2.11. The van der Waals surface area contributed by atoms with Crippen molar-refractivity contribution in [3.05, 3.63) is 29.6 Å². The molecule has 6 heteroatoms. The summed E-state index contributed by atoms with van der Waals surface area (Å²) in [5.74, 6) is -1.80. The van der Waals surface area contributed by atoms with Crippen LogP contribution in [0.15, 0.2) is 18.2 Å². The van der Waals surface area contributed by atoms with E-state index in [4.69, 9.17) is 9.47 Å². The zero-order valence-electron chi connectivity index (χ0n) is 11.9. The minimum Gasteiger partial charge on any atom is -0.494 e. The Morgan fingerprint density at radius 2 is 1.90 bits per heavy atom. The minimum absolute atomic E-state index is 0.0208. The standard InChI is InChI=1S/C14H18FNO4/c1-8(2)16-13(17)9(3)20-14(18)10-5-6-12(19-4)11(15)7-10/h5-9H,1-4H3,(H,16,17)/t9-/m1/s1. The van der Waals surface area contributed by atoms with Crippen molar-refractivity contribution in [3.8, 4) is 5.75 Å². The zero-order valence-corrected chi connectivity index (χ0v) is 11.9. The number of rotatable bonds is 5. The summed E-state index contributed by atoms with van der Waals surface area (Å²) in [7, 11) is 1.33. The number of ether oxygens (including phenoxy) is 2. The third-order valence-electron chi connectivity index (χ3n) is 2.47. The van der Waals surface area contributed by atoms with Crippen molar-refractivity contribution in [2.75, 3.05) is 7.11 Å². The molecule has 1 rings (SSSR count). The molecule has 1 N–H and O–H groups in total. The smallest absolute Gasteiger partial charge is 0.339 e. The SMILES string of the molecule is COc1ccc(C(=O)O[C@H](C)C(=O)NC(C)C)cc1F. The van der Waals surface area contributed by atoms with Crippen molar-refractivity contribution in [2.45, 2.75) is 32.9 Å². The largest absolute Gasteiger partial charge is 0.494 e. The first-order chi connectivity index (χ1) is 9.35. The van der Waals surface area contributed by atoms with Crippen LogP contribution in [-0.4, -0.2) is 31.1 Å². The molecule has 0 aliphatic heterocycles. The number of carbonyl (C=O) groups is 2. The summed E-state index contributed by atoms with van der Waals surface area (Å²) in [4.78, 5) is 23.4. The first-order valence-corrected chi connectivity index (χ1v) is 6.20. The Kier molecular flexibility index (Phi) is 5.49. The molecule has 1 aromatic carbocycles. The number of amides is 1. The molecule has 20 heavy (non-hydrogen) atoms. The molecule has 0 radical (unpaired) electrons. The van der Waals surface area contributed by atoms with Crippen molar-refractivity contribution >= 4 is 11.9 Å². The van der Waals surface area contributed by atoms with Crippen molar-refractivity contribution in [3.63, 3.8) is 0 Å². The van der Waals surface area contributed by atoms with Crippen LogP contribution in [-0.2, 0) is 9.53 Å². The summed E-state index contributed by atoms with van der Waals surface area (Å²) in [6.45, 7) is 5.05. The summed E-state index contributed by atoms with van der Waals surface area (Å²) in [5, 5.41) is 2.62. The normalized spacial score (nSPS) is 11.9. The van der Waals surface area contributed by atoms with Gasteiger partial charge in [-0.2, -0.15) is 0 Å². The van der Waals surface area contributed by atoms with Crippen LogP contribution in [0.1, 0.15) is 31.1 Å². The Bertz CT molecular complexity index is 502. The minimum atomic E-state index is -0.949. The Morgan fingerprint density at radius 1 is 1.25 bits per heavy atom. The lowest BCUT2D eigenvalue weighted by atomic mass is 10.2. The van der Waals surface area contributed by atoms with Crippen LogP contribution < -0.4 is 10.1 Å². The predicted octanol–water partition coefficient (Wildman–Crippen LogP) is 1.90. The van der Waals surface area contributed by atoms with Gasteiger partial charge >= 0.3 is 5.97 Å². The van der Waals surface area contributed by atoms with Crippen LogP contribution in [0, 0.1) is 5.82 Å². The van der Waals surface area contributed by atoms with Gasteiger partial charge in [0.2, 0.25) is 0 Å². The molecule has 0 saturated carbocycles. The molecule has 110 valence electrons. The van der Waals surface area contributed by atoms with Crippen LogP contribution in [0.4, 0.5) is 4.39 Å². The van der Waals surface area contributed by atoms with E-state index in [1.165, 1.54) is 26.2 Å². The number of methoxy groups -OCH3 is 1. The average molecular weight is 283 g/mol. The van der Waals surface area contributed by atoms with Crippen molar-refractivity contribution in [1.29, 1.82) is 0 Å². The van der Waals surface area contributed by atoms with Gasteiger partial charge in [-0.25, -0.2) is 9.18 Å². The maximum absolute atomic E-state index is 13.5. The van der Waals surface area contributed by atoms with E-state index in [0.717, 1.165) is 6.07 Å². The molecular formula is C14H18FNO4. The fourth-order valence-corrected chi connectivity index (χ4v) is 1.48. The third-order valence-corrected chi connectivity index (χ3v) is 2.47. The van der Waals surface area contributed by atoms with Crippen molar-refractivity contribution in [2.24, 2.45) is 0 Å². The van der Waals surface area contributed by atoms with Gasteiger partial charge in [-0.15, -0.1) is 0 Å². The first-order valence-electron chi connectivity index (χ1n) is 6.20. The zero-order chi connectivity index (χ0) is 15.3. The summed E-state index contributed by atoms with van der Waals surface area (Å²) < 4.78 is 23.2. The van der Waals surface area contributed by atoms with Gasteiger partial charge in [0, 0.05) is 6.04 Å². The highest BCUT2D eigenvalue weighted by Crippen LogP contribution is 2.18. The van der Waals surface area contributed by atoms with Crippen LogP contribution in [0.2, 0.25) is 0 Å². The van der Waals surface area contributed by atoms with E-state index in [1.807, 2.05) is 0 Å². The number of carbonyl (C=O) groups excluding carboxylic acids is 2. The van der Waals surface area contributed by atoms with Crippen LogP contribution in [0.25, 0.3) is 0 Å². The van der Waals surface area contributed by atoms with E-state index in [2.05, 4.69) is 5.32 Å². The van der Waals surface area contributed by atoms with E-state index in [9.17, 15) is 14.0 Å². The quantitative estimate of drug-likeness (QED) is 0.838. The lowest BCUT2D eigenvalue weighted by Crippen LogP contribution is -2.39. The van der Waals surface area contributed by atoms with Gasteiger partial charge in [0.15, 0.2) is 17.7 Å². The van der Waals surface area contributed by atoms with E-state index in [0.29, 0.717) is 0 Å². The topological polar surface area (TPSA) is 64.6 Å². The van der Waals surface area contributed by atoms with Crippen LogP contribution in [0.5, 0.6) is 5.75 Å². The molecule has 0 aliphatic rings. The number of nitrogens with one attached hydrogen (secondary N) is 1. The first kappa shape index (κ1) is 15.9. The number of hydrogen-bond acceptors (Lipinski definition) is 4. The molecule has 0 fully saturated rings. The van der Waals surface area contributed by atoms with E-state index >= 15 is 0 Å². The molecule has 0 saturated heterocycles. The van der Waals surface area contributed by atoms with Gasteiger partial charge in [0.1, 0.15) is 0 Å². The fourth-order valence-electron chi connectivity index (χ4n) is 1.48. The van der Waals surface area contributed by atoms with Gasteiger partial charge in [-0.3, -0.25) is 4.79 Å². The Balaban J connectivity index is 2.71. The molecule has 0 spiro atoms. The number of halogens is 1. The average Bonchev–Trinajstić information content (AvgIpc) is 2.37. The molecule has 1 aromatic rings. The lowest BCUT2D eigenvalue weighted by Gasteiger charge is -2.15. The second-order valence-corrected chi connectivity index (χ2v) is 4.56. The second kappa shape index (κ2) is 6.88. The number of esters is 1. The van der Waals surface area contributed by atoms with Crippen LogP contribution >= 0.6 is 0 Å². The third kappa shape index (κ3) is 4.22. The van der Waals surface area contributed by atoms with Gasteiger partial charge in [-0.1, -0.05) is 0 Å². The summed E-state index contributed by atoms with van der Waals surface area (Å²) >= 11 is 0. The summed E-state index contributed by atoms with van der Waals surface area (Å²) in [6.07, 6.45) is -0.949. The highest BCUT2D eigenvalue weighted by Gasteiger charge is 2.20. The monoisotopic (exact) mass is 283 g/mol. The molecule has 1 amide bonds. The Labute approximate surface area is 117 Å². The van der Waals surface area contributed by atoms with E-state index < -0.39 is 23.8 Å². The molecule has 0 bridgehead atoms. The summed E-state index contributed by atoms with van der Waals surface area (Å²) in [6, 6.07) is 3.65. The molecule has 0 aromatic heterocycles. The molecule has 0 unspecified atom stereocenters. The molecular weight excluding hydrogens is 265 g/mol. The van der Waals surface area contributed by atoms with Crippen molar-refractivity contribution in [1.82, 2.24) is 5.32 Å². The van der Waals surface area contributed by atoms with E-state index in [1.54, 1.807) is 13.8 Å². The highest BCUT2D eigenvalue weighted by molar-refractivity contribution is 5.92. The predicted molar refractivity (Wildman–Crippen MR) is 71.1 cm³/mol.